The zero-order valence-corrected chi connectivity index (χ0v) is 14.5. The Morgan fingerprint density at radius 1 is 1.16 bits per heavy atom. The van der Waals surface area contributed by atoms with E-state index < -0.39 is 11.9 Å². The molecule has 1 saturated carbocycles. The van der Waals surface area contributed by atoms with Crippen LogP contribution in [-0.2, 0) is 9.59 Å². The highest BCUT2D eigenvalue weighted by Gasteiger charge is 2.34. The maximum atomic E-state index is 12.6. The Morgan fingerprint density at radius 2 is 1.88 bits per heavy atom. The Bertz CT molecular complexity index is 801. The van der Waals surface area contributed by atoms with E-state index in [4.69, 9.17) is 4.74 Å². The van der Waals surface area contributed by atoms with Crippen LogP contribution in [0.5, 0.6) is 5.75 Å². The predicted octanol–water partition coefficient (Wildman–Crippen LogP) is 3.32. The molecule has 1 fully saturated rings. The molecule has 0 bridgehead atoms. The van der Waals surface area contributed by atoms with E-state index >= 15 is 0 Å². The first-order chi connectivity index (χ1) is 12.0. The van der Waals surface area contributed by atoms with Crippen LogP contribution in [0.25, 0.3) is 10.8 Å². The van der Waals surface area contributed by atoms with Crippen LogP contribution in [0.1, 0.15) is 37.7 Å². The summed E-state index contributed by atoms with van der Waals surface area (Å²) in [5.74, 6) is -0.949. The lowest BCUT2D eigenvalue weighted by Gasteiger charge is -2.20. The third-order valence-corrected chi connectivity index (χ3v) is 5.13. The number of carboxylic acids is 1. The van der Waals surface area contributed by atoms with Crippen LogP contribution < -0.4 is 10.1 Å². The van der Waals surface area contributed by atoms with E-state index in [9.17, 15) is 14.7 Å². The Balaban J connectivity index is 1.75. The average molecular weight is 341 g/mol. The Kier molecular flexibility index (Phi) is 4.93. The minimum Gasteiger partial charge on any atom is -0.497 e. The molecule has 2 aromatic carbocycles. The highest BCUT2D eigenvalue weighted by atomic mass is 16.5. The maximum Gasteiger partial charge on any atom is 0.308 e. The second-order valence-corrected chi connectivity index (χ2v) is 6.68. The Labute approximate surface area is 147 Å². The van der Waals surface area contributed by atoms with E-state index in [1.165, 1.54) is 0 Å². The molecule has 2 N–H and O–H groups in total. The minimum absolute atomic E-state index is 0.119. The van der Waals surface area contributed by atoms with Crippen molar-refractivity contribution < 1.29 is 19.4 Å². The number of carbonyl (C=O) groups is 2. The summed E-state index contributed by atoms with van der Waals surface area (Å²) in [6.45, 7) is 1.85. The largest absolute Gasteiger partial charge is 0.497 e. The standard InChI is InChI=1S/C20H23NO4/c1-12(19(22)21-18-5-3-4-17(18)20(23)24)13-6-7-15-11-16(25-2)9-8-14(15)10-13/h6-12,17-18H,3-5H2,1-2H3,(H,21,22)(H,23,24)/t12?,17-,18+/m0/s1. The SMILES string of the molecule is COc1ccc2cc(C(C)C(=O)N[C@@H]3CCC[C@@H]3C(=O)O)ccc2c1. The van der Waals surface area contributed by atoms with Gasteiger partial charge < -0.3 is 15.2 Å². The molecule has 0 spiro atoms. The molecule has 1 amide bonds. The van der Waals surface area contributed by atoms with Gasteiger partial charge in [-0.15, -0.1) is 0 Å². The van der Waals surface area contributed by atoms with E-state index in [0.717, 1.165) is 34.9 Å². The van der Waals surface area contributed by atoms with Crippen LogP contribution in [0, 0.1) is 5.92 Å². The average Bonchev–Trinajstić information content (AvgIpc) is 3.08. The van der Waals surface area contributed by atoms with E-state index in [-0.39, 0.29) is 17.9 Å². The first kappa shape index (κ1) is 17.3. The number of carboxylic acid groups (broad SMARTS) is 1. The van der Waals surface area contributed by atoms with Gasteiger partial charge in [-0.1, -0.05) is 30.7 Å². The molecule has 25 heavy (non-hydrogen) atoms. The number of fused-ring (bicyclic) bond motifs is 1. The van der Waals surface area contributed by atoms with Crippen molar-refractivity contribution >= 4 is 22.6 Å². The minimum atomic E-state index is -0.824. The first-order valence-corrected chi connectivity index (χ1v) is 8.60. The number of nitrogens with one attached hydrogen (secondary N) is 1. The molecule has 0 aromatic heterocycles. The fraction of sp³-hybridized carbons (Fsp3) is 0.400. The molecular formula is C20H23NO4. The quantitative estimate of drug-likeness (QED) is 0.875. The van der Waals surface area contributed by atoms with E-state index in [1.807, 2.05) is 43.3 Å². The number of benzene rings is 2. The van der Waals surface area contributed by atoms with Crippen molar-refractivity contribution in [2.75, 3.05) is 7.11 Å². The number of ether oxygens (including phenoxy) is 1. The second-order valence-electron chi connectivity index (χ2n) is 6.68. The van der Waals surface area contributed by atoms with Gasteiger partial charge in [-0.3, -0.25) is 9.59 Å². The second kappa shape index (κ2) is 7.13. The van der Waals surface area contributed by atoms with Crippen LogP contribution in [0.15, 0.2) is 36.4 Å². The lowest BCUT2D eigenvalue weighted by molar-refractivity contribution is -0.142. The fourth-order valence-corrected chi connectivity index (χ4v) is 3.53. The summed E-state index contributed by atoms with van der Waals surface area (Å²) < 4.78 is 5.23. The maximum absolute atomic E-state index is 12.6. The number of hydrogen-bond donors (Lipinski definition) is 2. The van der Waals surface area contributed by atoms with Gasteiger partial charge in [0.1, 0.15) is 5.75 Å². The van der Waals surface area contributed by atoms with Crippen molar-refractivity contribution in [1.82, 2.24) is 5.32 Å². The predicted molar refractivity (Wildman–Crippen MR) is 95.8 cm³/mol. The molecule has 5 nitrogen and oxygen atoms in total. The smallest absolute Gasteiger partial charge is 0.308 e. The van der Waals surface area contributed by atoms with Crippen molar-refractivity contribution in [3.05, 3.63) is 42.0 Å². The van der Waals surface area contributed by atoms with Crippen molar-refractivity contribution in [3.8, 4) is 5.75 Å². The van der Waals surface area contributed by atoms with E-state index in [1.54, 1.807) is 7.11 Å². The highest BCUT2D eigenvalue weighted by molar-refractivity contribution is 5.88. The van der Waals surface area contributed by atoms with Crippen molar-refractivity contribution in [2.24, 2.45) is 5.92 Å². The molecule has 0 radical (unpaired) electrons. The lowest BCUT2D eigenvalue weighted by atomic mass is 9.96. The number of methoxy groups -OCH3 is 1. The number of aliphatic carboxylic acids is 1. The molecule has 0 saturated heterocycles. The molecule has 132 valence electrons. The van der Waals surface area contributed by atoms with Crippen molar-refractivity contribution in [1.29, 1.82) is 0 Å². The molecule has 1 aliphatic carbocycles. The zero-order valence-electron chi connectivity index (χ0n) is 14.5. The number of rotatable bonds is 5. The zero-order chi connectivity index (χ0) is 18.0. The topological polar surface area (TPSA) is 75.6 Å². The fourth-order valence-electron chi connectivity index (χ4n) is 3.53. The van der Waals surface area contributed by atoms with Gasteiger partial charge >= 0.3 is 5.97 Å². The Hall–Kier alpha value is -2.56. The van der Waals surface area contributed by atoms with Gasteiger partial charge in [-0.05, 0) is 48.2 Å². The van der Waals surface area contributed by atoms with E-state index in [2.05, 4.69) is 5.32 Å². The van der Waals surface area contributed by atoms with Crippen LogP contribution in [-0.4, -0.2) is 30.1 Å². The molecule has 3 atom stereocenters. The molecule has 2 aromatic rings. The molecule has 3 rings (SSSR count). The summed E-state index contributed by atoms with van der Waals surface area (Å²) in [7, 11) is 1.63. The van der Waals surface area contributed by atoms with Crippen molar-refractivity contribution in [3.63, 3.8) is 0 Å². The van der Waals surface area contributed by atoms with Gasteiger partial charge in [0.25, 0.3) is 0 Å². The summed E-state index contributed by atoms with van der Waals surface area (Å²) in [6, 6.07) is 11.5. The normalized spacial score (nSPS) is 21.0. The van der Waals surface area contributed by atoms with E-state index in [0.29, 0.717) is 6.42 Å². The monoisotopic (exact) mass is 341 g/mol. The number of carbonyl (C=O) groups excluding carboxylic acids is 1. The summed E-state index contributed by atoms with van der Waals surface area (Å²) in [4.78, 5) is 23.9. The summed E-state index contributed by atoms with van der Waals surface area (Å²) >= 11 is 0. The van der Waals surface area contributed by atoms with Crippen LogP contribution in [0.4, 0.5) is 0 Å². The van der Waals surface area contributed by atoms with Gasteiger partial charge in [0, 0.05) is 6.04 Å². The van der Waals surface area contributed by atoms with Crippen LogP contribution in [0.2, 0.25) is 0 Å². The molecular weight excluding hydrogens is 318 g/mol. The van der Waals surface area contributed by atoms with Crippen molar-refractivity contribution in [2.45, 2.75) is 38.1 Å². The van der Waals surface area contributed by atoms with Gasteiger partial charge in [-0.25, -0.2) is 0 Å². The lowest BCUT2D eigenvalue weighted by Crippen LogP contribution is -2.41. The van der Waals surface area contributed by atoms with Gasteiger partial charge in [0.05, 0.1) is 18.9 Å². The molecule has 5 heteroatoms. The van der Waals surface area contributed by atoms with Gasteiger partial charge in [-0.2, -0.15) is 0 Å². The molecule has 0 heterocycles. The van der Waals surface area contributed by atoms with Gasteiger partial charge in [0.2, 0.25) is 5.91 Å². The third-order valence-electron chi connectivity index (χ3n) is 5.13. The molecule has 1 aliphatic rings. The summed E-state index contributed by atoms with van der Waals surface area (Å²) in [6.07, 6.45) is 2.20. The highest BCUT2D eigenvalue weighted by Crippen LogP contribution is 2.28. The molecule has 1 unspecified atom stereocenters. The number of amides is 1. The Morgan fingerprint density at radius 3 is 2.60 bits per heavy atom. The van der Waals surface area contributed by atoms with Crippen LogP contribution >= 0.6 is 0 Å². The number of hydrogen-bond acceptors (Lipinski definition) is 3. The van der Waals surface area contributed by atoms with Gasteiger partial charge in [0.15, 0.2) is 0 Å². The molecule has 0 aliphatic heterocycles. The third kappa shape index (κ3) is 3.60. The van der Waals surface area contributed by atoms with Crippen LogP contribution in [0.3, 0.4) is 0 Å². The summed E-state index contributed by atoms with van der Waals surface area (Å²) in [5, 5.41) is 14.3. The first-order valence-electron chi connectivity index (χ1n) is 8.60. The summed E-state index contributed by atoms with van der Waals surface area (Å²) in [5.41, 5.74) is 0.917.